The van der Waals surface area contributed by atoms with E-state index in [1.54, 1.807) is 0 Å². The van der Waals surface area contributed by atoms with Gasteiger partial charge in [-0.05, 0) is 38.7 Å². The molecule has 1 aromatic carbocycles. The van der Waals surface area contributed by atoms with E-state index in [-0.39, 0.29) is 35.9 Å². The van der Waals surface area contributed by atoms with Crippen LogP contribution in [0.2, 0.25) is 0 Å². The molecule has 3 unspecified atom stereocenters. The van der Waals surface area contributed by atoms with Gasteiger partial charge in [0.05, 0.1) is 18.7 Å². The first-order valence-electron chi connectivity index (χ1n) is 9.33. The molecule has 2 aliphatic rings. The molecular formula is C20H28N2O3. The van der Waals surface area contributed by atoms with E-state index in [1.807, 2.05) is 42.2 Å². The summed E-state index contributed by atoms with van der Waals surface area (Å²) in [7, 11) is 0. The summed E-state index contributed by atoms with van der Waals surface area (Å²) in [5.74, 6) is 0.510. The molecule has 1 aliphatic heterocycles. The molecule has 2 fully saturated rings. The van der Waals surface area contributed by atoms with Crippen LogP contribution in [0.25, 0.3) is 0 Å². The number of hydrogen-bond donors (Lipinski definition) is 1. The van der Waals surface area contributed by atoms with E-state index in [9.17, 15) is 9.59 Å². The van der Waals surface area contributed by atoms with Crippen molar-refractivity contribution >= 4 is 11.8 Å². The quantitative estimate of drug-likeness (QED) is 0.807. The molecule has 2 amide bonds. The van der Waals surface area contributed by atoms with Gasteiger partial charge in [0.25, 0.3) is 0 Å². The Bertz CT molecular complexity index is 600. The van der Waals surface area contributed by atoms with Crippen LogP contribution in [0.5, 0.6) is 0 Å². The zero-order valence-electron chi connectivity index (χ0n) is 15.1. The summed E-state index contributed by atoms with van der Waals surface area (Å²) >= 11 is 0. The Labute approximate surface area is 149 Å². The second-order valence-corrected chi connectivity index (χ2v) is 7.22. The SMILES string of the molecule is CC1COC(c2ccccc2)C(C)N1C(=O)CCCNC(=O)C1CC1. The fraction of sp³-hybridized carbons (Fsp3) is 0.600. The third-order valence-electron chi connectivity index (χ3n) is 5.10. The number of nitrogens with one attached hydrogen (secondary N) is 1. The number of benzene rings is 1. The summed E-state index contributed by atoms with van der Waals surface area (Å²) in [5, 5.41) is 2.93. The number of hydrogen-bond acceptors (Lipinski definition) is 3. The molecule has 1 heterocycles. The van der Waals surface area contributed by atoms with Gasteiger partial charge in [0.15, 0.2) is 0 Å². The zero-order valence-corrected chi connectivity index (χ0v) is 15.1. The summed E-state index contributed by atoms with van der Waals surface area (Å²) in [6.45, 7) is 5.22. The van der Waals surface area contributed by atoms with E-state index in [2.05, 4.69) is 12.2 Å². The molecule has 5 heteroatoms. The lowest BCUT2D eigenvalue weighted by Gasteiger charge is -2.44. The number of carbonyl (C=O) groups is 2. The number of morpholine rings is 1. The average Bonchev–Trinajstić information content (AvgIpc) is 3.44. The molecule has 0 spiro atoms. The van der Waals surface area contributed by atoms with E-state index in [0.717, 1.165) is 18.4 Å². The minimum Gasteiger partial charge on any atom is -0.369 e. The Kier molecular flexibility index (Phi) is 5.74. The van der Waals surface area contributed by atoms with Gasteiger partial charge in [-0.25, -0.2) is 0 Å². The number of carbonyl (C=O) groups excluding carboxylic acids is 2. The zero-order chi connectivity index (χ0) is 17.8. The van der Waals surface area contributed by atoms with Crippen LogP contribution >= 0.6 is 0 Å². The minimum atomic E-state index is -0.0871. The first-order valence-corrected chi connectivity index (χ1v) is 9.33. The summed E-state index contributed by atoms with van der Waals surface area (Å²) < 4.78 is 6.01. The van der Waals surface area contributed by atoms with Crippen molar-refractivity contribution in [1.82, 2.24) is 10.2 Å². The van der Waals surface area contributed by atoms with Crippen LogP contribution in [-0.4, -0.2) is 41.9 Å². The van der Waals surface area contributed by atoms with Crippen molar-refractivity contribution in [2.45, 2.75) is 57.7 Å². The Hall–Kier alpha value is -1.88. The van der Waals surface area contributed by atoms with E-state index in [0.29, 0.717) is 26.0 Å². The van der Waals surface area contributed by atoms with E-state index in [1.165, 1.54) is 0 Å². The molecule has 0 radical (unpaired) electrons. The molecule has 1 saturated heterocycles. The van der Waals surface area contributed by atoms with Crippen molar-refractivity contribution in [1.29, 1.82) is 0 Å². The maximum atomic E-state index is 12.7. The monoisotopic (exact) mass is 344 g/mol. The van der Waals surface area contributed by atoms with Crippen molar-refractivity contribution < 1.29 is 14.3 Å². The Morgan fingerprint density at radius 3 is 2.60 bits per heavy atom. The van der Waals surface area contributed by atoms with Crippen LogP contribution in [0.3, 0.4) is 0 Å². The highest BCUT2D eigenvalue weighted by Crippen LogP contribution is 2.31. The van der Waals surface area contributed by atoms with Crippen molar-refractivity contribution in [2.24, 2.45) is 5.92 Å². The topological polar surface area (TPSA) is 58.6 Å². The number of rotatable bonds is 6. The van der Waals surface area contributed by atoms with Gasteiger partial charge in [0.1, 0.15) is 6.10 Å². The van der Waals surface area contributed by atoms with Gasteiger partial charge in [-0.15, -0.1) is 0 Å². The third-order valence-corrected chi connectivity index (χ3v) is 5.10. The van der Waals surface area contributed by atoms with Crippen LogP contribution in [0.4, 0.5) is 0 Å². The van der Waals surface area contributed by atoms with Gasteiger partial charge in [-0.1, -0.05) is 30.3 Å². The minimum absolute atomic E-state index is 0.000273. The normalized spacial score (nSPS) is 26.3. The van der Waals surface area contributed by atoms with Crippen molar-refractivity contribution in [2.75, 3.05) is 13.2 Å². The average molecular weight is 344 g/mol. The maximum Gasteiger partial charge on any atom is 0.223 e. The van der Waals surface area contributed by atoms with Gasteiger partial charge >= 0.3 is 0 Å². The lowest BCUT2D eigenvalue weighted by Crippen LogP contribution is -2.53. The number of ether oxygens (including phenoxy) is 1. The van der Waals surface area contributed by atoms with Crippen LogP contribution in [-0.2, 0) is 14.3 Å². The molecule has 1 N–H and O–H groups in total. The molecule has 3 atom stereocenters. The summed E-state index contributed by atoms with van der Waals surface area (Å²) in [4.78, 5) is 26.3. The Morgan fingerprint density at radius 2 is 1.92 bits per heavy atom. The van der Waals surface area contributed by atoms with Gasteiger partial charge < -0.3 is 15.0 Å². The van der Waals surface area contributed by atoms with Crippen LogP contribution in [0, 0.1) is 5.92 Å². The third kappa shape index (κ3) is 4.40. The highest BCUT2D eigenvalue weighted by molar-refractivity contribution is 5.81. The molecular weight excluding hydrogens is 316 g/mol. The fourth-order valence-electron chi connectivity index (χ4n) is 3.57. The van der Waals surface area contributed by atoms with E-state index < -0.39 is 0 Å². The second-order valence-electron chi connectivity index (χ2n) is 7.22. The van der Waals surface area contributed by atoms with Crippen LogP contribution in [0.15, 0.2) is 30.3 Å². The lowest BCUT2D eigenvalue weighted by molar-refractivity contribution is -0.153. The largest absolute Gasteiger partial charge is 0.369 e. The van der Waals surface area contributed by atoms with Crippen molar-refractivity contribution in [3.63, 3.8) is 0 Å². The van der Waals surface area contributed by atoms with Gasteiger partial charge in [0.2, 0.25) is 11.8 Å². The summed E-state index contributed by atoms with van der Waals surface area (Å²) in [5.41, 5.74) is 1.11. The summed E-state index contributed by atoms with van der Waals surface area (Å²) in [6.07, 6.45) is 3.07. The van der Waals surface area contributed by atoms with E-state index in [4.69, 9.17) is 4.74 Å². The van der Waals surface area contributed by atoms with Crippen molar-refractivity contribution in [3.8, 4) is 0 Å². The second kappa shape index (κ2) is 8.00. The number of nitrogens with zero attached hydrogens (tertiary/aromatic N) is 1. The molecule has 25 heavy (non-hydrogen) atoms. The molecule has 1 aliphatic carbocycles. The predicted molar refractivity (Wildman–Crippen MR) is 95.9 cm³/mol. The first-order chi connectivity index (χ1) is 12.1. The van der Waals surface area contributed by atoms with E-state index >= 15 is 0 Å². The molecule has 0 bridgehead atoms. The Balaban J connectivity index is 1.53. The molecule has 5 nitrogen and oxygen atoms in total. The molecule has 0 aromatic heterocycles. The first kappa shape index (κ1) is 17.9. The Morgan fingerprint density at radius 1 is 1.20 bits per heavy atom. The van der Waals surface area contributed by atoms with Gasteiger partial charge in [-0.2, -0.15) is 0 Å². The van der Waals surface area contributed by atoms with Crippen LogP contribution < -0.4 is 5.32 Å². The maximum absolute atomic E-state index is 12.7. The number of amides is 2. The van der Waals surface area contributed by atoms with Crippen molar-refractivity contribution in [3.05, 3.63) is 35.9 Å². The molecule has 3 rings (SSSR count). The lowest BCUT2D eigenvalue weighted by atomic mass is 9.98. The summed E-state index contributed by atoms with van der Waals surface area (Å²) in [6, 6.07) is 10.2. The smallest absolute Gasteiger partial charge is 0.223 e. The van der Waals surface area contributed by atoms with Gasteiger partial charge in [0, 0.05) is 18.9 Å². The molecule has 136 valence electrons. The molecule has 1 saturated carbocycles. The fourth-order valence-corrected chi connectivity index (χ4v) is 3.57. The highest BCUT2D eigenvalue weighted by atomic mass is 16.5. The van der Waals surface area contributed by atoms with Crippen LogP contribution in [0.1, 0.15) is 51.2 Å². The standard InChI is InChI=1S/C20H28N2O3/c1-14-13-25-19(16-7-4-3-5-8-16)15(2)22(14)18(23)9-6-12-21-20(24)17-10-11-17/h3-5,7-8,14-15,17,19H,6,9-13H2,1-2H3,(H,21,24). The van der Waals surface area contributed by atoms with Gasteiger partial charge in [-0.3, -0.25) is 9.59 Å². The predicted octanol–water partition coefficient (Wildman–Crippen LogP) is 2.67. The highest BCUT2D eigenvalue weighted by Gasteiger charge is 2.36. The molecule has 1 aromatic rings.